The Bertz CT molecular complexity index is 309. The fourth-order valence-corrected chi connectivity index (χ4v) is 1.65. The van der Waals surface area contributed by atoms with Gasteiger partial charge in [0.1, 0.15) is 10.9 Å². The van der Waals surface area contributed by atoms with Crippen LogP contribution in [0.2, 0.25) is 0 Å². The van der Waals surface area contributed by atoms with E-state index in [4.69, 9.17) is 5.73 Å². The topological polar surface area (TPSA) is 51.3 Å². The number of hydrogen-bond donors (Lipinski definition) is 1. The number of nitrogens with zero attached hydrogens (tertiary/aromatic N) is 2. The molecule has 0 saturated carbocycles. The largest absolute Gasteiger partial charge is 0.383 e. The highest BCUT2D eigenvalue weighted by molar-refractivity contribution is 8.13. The maximum absolute atomic E-state index is 5.72. The lowest BCUT2D eigenvalue weighted by Gasteiger charge is -2.04. The van der Waals surface area contributed by atoms with Gasteiger partial charge in [-0.3, -0.25) is 4.99 Å². The third-order valence-electron chi connectivity index (χ3n) is 1.56. The number of pyridine rings is 1. The highest BCUT2D eigenvalue weighted by atomic mass is 32.2. The van der Waals surface area contributed by atoms with Gasteiger partial charge >= 0.3 is 0 Å². The number of aliphatic imine (C=N–C) groups is 1. The quantitative estimate of drug-likeness (QED) is 0.578. The van der Waals surface area contributed by atoms with Gasteiger partial charge in [-0.05, 0) is 25.3 Å². The number of nitrogens with two attached hydrogens (primary N) is 1. The van der Waals surface area contributed by atoms with E-state index in [2.05, 4.69) is 9.98 Å². The Morgan fingerprint density at radius 3 is 3.00 bits per heavy atom. The van der Waals surface area contributed by atoms with E-state index in [-0.39, 0.29) is 0 Å². The summed E-state index contributed by atoms with van der Waals surface area (Å²) in [6, 6.07) is 3.81. The van der Waals surface area contributed by atoms with Crippen molar-refractivity contribution < 1.29 is 0 Å². The van der Waals surface area contributed by atoms with Crippen LogP contribution in [0.1, 0.15) is 12.5 Å². The van der Waals surface area contributed by atoms with E-state index < -0.39 is 0 Å². The molecule has 0 aliphatic heterocycles. The molecule has 0 spiro atoms. The molecule has 3 nitrogen and oxygen atoms in total. The van der Waals surface area contributed by atoms with Crippen LogP contribution < -0.4 is 5.73 Å². The number of aromatic nitrogens is 1. The summed E-state index contributed by atoms with van der Waals surface area (Å²) in [6.45, 7) is 2.77. The first-order chi connectivity index (χ1) is 6.29. The van der Waals surface area contributed by atoms with Crippen LogP contribution in [0.5, 0.6) is 0 Å². The van der Waals surface area contributed by atoms with Crippen LogP contribution in [0, 0.1) is 0 Å². The van der Waals surface area contributed by atoms with Crippen molar-refractivity contribution in [1.82, 2.24) is 4.98 Å². The van der Waals surface area contributed by atoms with E-state index in [1.54, 1.807) is 18.0 Å². The van der Waals surface area contributed by atoms with Crippen LogP contribution in [0.4, 0.5) is 5.82 Å². The maximum Gasteiger partial charge on any atom is 0.133 e. The molecule has 1 rings (SSSR count). The van der Waals surface area contributed by atoms with Gasteiger partial charge < -0.3 is 5.73 Å². The minimum Gasteiger partial charge on any atom is -0.383 e. The molecule has 0 saturated heterocycles. The van der Waals surface area contributed by atoms with E-state index >= 15 is 0 Å². The van der Waals surface area contributed by atoms with Gasteiger partial charge in [0, 0.05) is 18.3 Å². The monoisotopic (exact) mass is 195 g/mol. The Labute approximate surface area is 82.5 Å². The number of hydrogen-bond acceptors (Lipinski definition) is 4. The minimum absolute atomic E-state index is 0.545. The van der Waals surface area contributed by atoms with E-state index in [0.29, 0.717) is 5.82 Å². The number of nitrogen functional groups attached to an aromatic ring is 1. The second-order valence-electron chi connectivity index (χ2n) is 2.42. The molecule has 0 fully saturated rings. The lowest BCUT2D eigenvalue weighted by atomic mass is 10.3. The summed E-state index contributed by atoms with van der Waals surface area (Å²) in [4.78, 5) is 8.35. The second kappa shape index (κ2) is 4.87. The zero-order chi connectivity index (χ0) is 9.68. The summed E-state index contributed by atoms with van der Waals surface area (Å²) >= 11 is 1.59. The number of thioether (sulfide) groups is 1. The molecule has 2 N–H and O–H groups in total. The second-order valence-corrected chi connectivity index (χ2v) is 3.21. The Balaban J connectivity index is 3.05. The van der Waals surface area contributed by atoms with Crippen molar-refractivity contribution in [3.05, 3.63) is 23.9 Å². The summed E-state index contributed by atoms with van der Waals surface area (Å²) in [5.41, 5.74) is 6.65. The molecule has 0 aliphatic carbocycles. The van der Waals surface area contributed by atoms with Gasteiger partial charge in [0.05, 0.1) is 0 Å². The van der Waals surface area contributed by atoms with Crippen LogP contribution in [-0.2, 0) is 0 Å². The van der Waals surface area contributed by atoms with Crippen molar-refractivity contribution in [2.75, 3.05) is 18.5 Å². The highest BCUT2D eigenvalue weighted by Crippen LogP contribution is 2.15. The van der Waals surface area contributed by atoms with Gasteiger partial charge in [-0.25, -0.2) is 4.98 Å². The summed E-state index contributed by atoms with van der Waals surface area (Å²) in [6.07, 6.45) is 3.67. The van der Waals surface area contributed by atoms with Gasteiger partial charge in [-0.1, -0.05) is 0 Å². The fourth-order valence-electron chi connectivity index (χ4n) is 1.00. The van der Waals surface area contributed by atoms with Crippen molar-refractivity contribution >= 4 is 22.6 Å². The average Bonchev–Trinajstić information content (AvgIpc) is 2.16. The van der Waals surface area contributed by atoms with Crippen molar-refractivity contribution in [2.24, 2.45) is 4.99 Å². The Morgan fingerprint density at radius 1 is 1.69 bits per heavy atom. The number of anilines is 1. The smallest absolute Gasteiger partial charge is 0.133 e. The third kappa shape index (κ3) is 2.45. The SMILES string of the molecule is CC/N=C(\SC)c1cccnc1N. The van der Waals surface area contributed by atoms with Crippen molar-refractivity contribution in [2.45, 2.75) is 6.92 Å². The molecule has 1 aromatic rings. The Kier molecular flexibility index (Phi) is 3.76. The molecule has 0 amide bonds. The molecule has 1 heterocycles. The lowest BCUT2D eigenvalue weighted by Crippen LogP contribution is -2.03. The van der Waals surface area contributed by atoms with E-state index in [1.807, 2.05) is 25.3 Å². The van der Waals surface area contributed by atoms with E-state index in [0.717, 1.165) is 17.2 Å². The molecule has 4 heteroatoms. The molecule has 13 heavy (non-hydrogen) atoms. The van der Waals surface area contributed by atoms with Gasteiger partial charge in [0.25, 0.3) is 0 Å². The molecule has 1 aromatic heterocycles. The fraction of sp³-hybridized carbons (Fsp3) is 0.333. The molecular formula is C9H13N3S. The summed E-state index contributed by atoms with van der Waals surface area (Å²) in [7, 11) is 0. The molecule has 0 radical (unpaired) electrons. The van der Waals surface area contributed by atoms with Gasteiger partial charge in [0.15, 0.2) is 0 Å². The number of rotatable bonds is 2. The summed E-state index contributed by atoms with van der Waals surface area (Å²) in [5.74, 6) is 0.545. The molecule has 0 atom stereocenters. The Hall–Kier alpha value is -1.03. The van der Waals surface area contributed by atoms with Crippen LogP contribution in [0.25, 0.3) is 0 Å². The van der Waals surface area contributed by atoms with Crippen LogP contribution in [-0.4, -0.2) is 22.8 Å². The standard InChI is InChI=1S/C9H13N3S/c1-3-11-9(13-2)7-5-4-6-12-8(7)10/h4-6H,3H2,1-2H3,(H2,10,12)/b11-9-. The first kappa shape index (κ1) is 10.1. The van der Waals surface area contributed by atoms with Crippen molar-refractivity contribution in [3.8, 4) is 0 Å². The Morgan fingerprint density at radius 2 is 2.46 bits per heavy atom. The predicted octanol–water partition coefficient (Wildman–Crippen LogP) is 1.79. The molecule has 0 aromatic carbocycles. The predicted molar refractivity (Wildman–Crippen MR) is 59.2 cm³/mol. The van der Waals surface area contributed by atoms with E-state index in [1.165, 1.54) is 0 Å². The molecule has 0 unspecified atom stereocenters. The normalized spacial score (nSPS) is 11.7. The maximum atomic E-state index is 5.72. The highest BCUT2D eigenvalue weighted by Gasteiger charge is 2.05. The summed E-state index contributed by atoms with van der Waals surface area (Å²) < 4.78 is 0. The molecule has 70 valence electrons. The summed E-state index contributed by atoms with van der Waals surface area (Å²) in [5, 5.41) is 0.952. The van der Waals surface area contributed by atoms with Gasteiger partial charge in [-0.15, -0.1) is 11.8 Å². The van der Waals surface area contributed by atoms with Gasteiger partial charge in [-0.2, -0.15) is 0 Å². The van der Waals surface area contributed by atoms with Crippen LogP contribution in [0.3, 0.4) is 0 Å². The average molecular weight is 195 g/mol. The third-order valence-corrected chi connectivity index (χ3v) is 2.30. The van der Waals surface area contributed by atoms with Crippen LogP contribution in [0.15, 0.2) is 23.3 Å². The minimum atomic E-state index is 0.545. The molecule has 0 bridgehead atoms. The zero-order valence-electron chi connectivity index (χ0n) is 7.82. The van der Waals surface area contributed by atoms with E-state index in [9.17, 15) is 0 Å². The first-order valence-electron chi connectivity index (χ1n) is 4.09. The van der Waals surface area contributed by atoms with Gasteiger partial charge in [0.2, 0.25) is 0 Å². The first-order valence-corrected chi connectivity index (χ1v) is 5.31. The van der Waals surface area contributed by atoms with Crippen molar-refractivity contribution in [3.63, 3.8) is 0 Å². The zero-order valence-corrected chi connectivity index (χ0v) is 8.64. The van der Waals surface area contributed by atoms with Crippen molar-refractivity contribution in [1.29, 1.82) is 0 Å². The van der Waals surface area contributed by atoms with Crippen LogP contribution >= 0.6 is 11.8 Å². The molecule has 0 aliphatic rings. The lowest BCUT2D eigenvalue weighted by molar-refractivity contribution is 1.14. The molecular weight excluding hydrogens is 182 g/mol.